The molecule has 3 rings (SSSR count). The molecule has 0 fully saturated rings. The number of hydrogen-bond acceptors (Lipinski definition) is 2. The summed E-state index contributed by atoms with van der Waals surface area (Å²) in [4.78, 5) is 4.10. The van der Waals surface area contributed by atoms with E-state index in [1.807, 2.05) is 36.4 Å². The maximum atomic E-state index is 12.8. The number of pyridine rings is 1. The highest BCUT2D eigenvalue weighted by molar-refractivity contribution is 5.29. The Kier molecular flexibility index (Phi) is 5.14. The molecule has 0 aliphatic heterocycles. The van der Waals surface area contributed by atoms with E-state index in [1.54, 1.807) is 24.5 Å². The summed E-state index contributed by atoms with van der Waals surface area (Å²) in [7, 11) is 0. The number of hydrogen-bond donors (Lipinski definition) is 0. The number of aromatic nitrogens is 1. The van der Waals surface area contributed by atoms with E-state index < -0.39 is 17.8 Å². The minimum Gasteiger partial charge on any atom is -0.364 e. The molecular weight excluding hydrogens is 327 g/mol. The van der Waals surface area contributed by atoms with E-state index >= 15 is 0 Å². The van der Waals surface area contributed by atoms with Crippen molar-refractivity contribution in [3.63, 3.8) is 0 Å². The lowest BCUT2D eigenvalue weighted by Crippen LogP contribution is -2.08. The Morgan fingerprint density at radius 2 is 1.64 bits per heavy atom. The summed E-state index contributed by atoms with van der Waals surface area (Å²) >= 11 is 0. The summed E-state index contributed by atoms with van der Waals surface area (Å²) < 4.78 is 44.5. The highest BCUT2D eigenvalue weighted by atomic mass is 19.4. The maximum absolute atomic E-state index is 12.8. The maximum Gasteiger partial charge on any atom is 0.416 e. The first-order chi connectivity index (χ1) is 12.0. The van der Waals surface area contributed by atoms with Gasteiger partial charge in [-0.15, -0.1) is 0 Å². The van der Waals surface area contributed by atoms with Crippen LogP contribution in [0.5, 0.6) is 0 Å². The van der Waals surface area contributed by atoms with Crippen LogP contribution in [0.4, 0.5) is 13.2 Å². The molecule has 2 aromatic carbocycles. The van der Waals surface area contributed by atoms with Gasteiger partial charge in [0.1, 0.15) is 6.10 Å². The van der Waals surface area contributed by atoms with Crippen LogP contribution in [0.3, 0.4) is 0 Å². The third-order valence-electron chi connectivity index (χ3n) is 3.76. The number of alkyl halides is 3. The molecule has 0 radical (unpaired) electrons. The lowest BCUT2D eigenvalue weighted by molar-refractivity contribution is -0.137. The van der Waals surface area contributed by atoms with Crippen LogP contribution >= 0.6 is 0 Å². The largest absolute Gasteiger partial charge is 0.416 e. The van der Waals surface area contributed by atoms with Crippen LogP contribution in [0, 0.1) is 0 Å². The average molecular weight is 343 g/mol. The van der Waals surface area contributed by atoms with Gasteiger partial charge in [0.15, 0.2) is 0 Å². The van der Waals surface area contributed by atoms with E-state index in [0.717, 1.165) is 23.3 Å². The molecule has 128 valence electrons. The normalized spacial score (nSPS) is 12.8. The van der Waals surface area contributed by atoms with E-state index in [2.05, 4.69) is 4.98 Å². The van der Waals surface area contributed by atoms with Gasteiger partial charge in [-0.3, -0.25) is 4.98 Å². The molecule has 1 aromatic heterocycles. The van der Waals surface area contributed by atoms with Crippen molar-refractivity contribution < 1.29 is 17.9 Å². The van der Waals surface area contributed by atoms with Crippen molar-refractivity contribution >= 4 is 0 Å². The van der Waals surface area contributed by atoms with Crippen molar-refractivity contribution in [3.05, 3.63) is 101 Å². The highest BCUT2D eigenvalue weighted by Gasteiger charge is 2.30. The van der Waals surface area contributed by atoms with Crippen molar-refractivity contribution in [2.24, 2.45) is 0 Å². The molecule has 2 nitrogen and oxygen atoms in total. The molecule has 0 bridgehead atoms. The van der Waals surface area contributed by atoms with Crippen LogP contribution in [0.1, 0.15) is 28.4 Å². The van der Waals surface area contributed by atoms with Crippen molar-refractivity contribution in [2.45, 2.75) is 18.9 Å². The molecule has 0 N–H and O–H groups in total. The van der Waals surface area contributed by atoms with Gasteiger partial charge < -0.3 is 4.74 Å². The lowest BCUT2D eigenvalue weighted by Gasteiger charge is -2.19. The zero-order chi connectivity index (χ0) is 17.7. The van der Waals surface area contributed by atoms with Crippen LogP contribution in [0.15, 0.2) is 79.1 Å². The Morgan fingerprint density at radius 3 is 2.32 bits per heavy atom. The van der Waals surface area contributed by atoms with Crippen LogP contribution in [0.25, 0.3) is 0 Å². The van der Waals surface area contributed by atoms with Crippen molar-refractivity contribution in [2.75, 3.05) is 0 Å². The summed E-state index contributed by atoms with van der Waals surface area (Å²) in [6.07, 6.45) is -1.40. The Hall–Kier alpha value is -2.66. The van der Waals surface area contributed by atoms with Gasteiger partial charge in [-0.2, -0.15) is 13.2 Å². The Labute approximate surface area is 143 Å². The first-order valence-electron chi connectivity index (χ1n) is 7.76. The predicted octanol–water partition coefficient (Wildman–Crippen LogP) is 5.41. The first kappa shape index (κ1) is 17.2. The van der Waals surface area contributed by atoms with E-state index in [1.165, 1.54) is 6.07 Å². The van der Waals surface area contributed by atoms with E-state index in [0.29, 0.717) is 5.56 Å². The quantitative estimate of drug-likeness (QED) is 0.618. The Balaban J connectivity index is 1.83. The van der Waals surface area contributed by atoms with Crippen LogP contribution in [0.2, 0.25) is 0 Å². The van der Waals surface area contributed by atoms with E-state index in [4.69, 9.17) is 4.74 Å². The fraction of sp³-hybridized carbons (Fsp3) is 0.150. The average Bonchev–Trinajstić information content (AvgIpc) is 2.63. The lowest BCUT2D eigenvalue weighted by atomic mass is 10.0. The zero-order valence-corrected chi connectivity index (χ0v) is 13.3. The molecule has 0 aliphatic carbocycles. The number of benzene rings is 2. The van der Waals surface area contributed by atoms with Crippen LogP contribution in [-0.2, 0) is 17.5 Å². The second-order valence-corrected chi connectivity index (χ2v) is 5.59. The topological polar surface area (TPSA) is 22.1 Å². The molecule has 1 atom stereocenters. The van der Waals surface area contributed by atoms with Gasteiger partial charge in [-0.1, -0.05) is 48.5 Å². The van der Waals surface area contributed by atoms with Gasteiger partial charge in [-0.05, 0) is 29.3 Å². The van der Waals surface area contributed by atoms with Gasteiger partial charge in [0.05, 0.1) is 12.2 Å². The SMILES string of the molecule is FC(F)(F)c1cccc(COC(c2ccccc2)c2cccnc2)c1. The Morgan fingerprint density at radius 1 is 0.880 bits per heavy atom. The molecule has 5 heteroatoms. The summed E-state index contributed by atoms with van der Waals surface area (Å²) in [5, 5.41) is 0. The van der Waals surface area contributed by atoms with Crippen molar-refractivity contribution in [3.8, 4) is 0 Å². The van der Waals surface area contributed by atoms with E-state index in [9.17, 15) is 13.2 Å². The van der Waals surface area contributed by atoms with Gasteiger partial charge in [-0.25, -0.2) is 0 Å². The third-order valence-corrected chi connectivity index (χ3v) is 3.76. The predicted molar refractivity (Wildman–Crippen MR) is 88.8 cm³/mol. The Bertz CT molecular complexity index is 764. The summed E-state index contributed by atoms with van der Waals surface area (Å²) in [5.74, 6) is 0. The molecule has 0 amide bonds. The van der Waals surface area contributed by atoms with Crippen LogP contribution < -0.4 is 0 Å². The minimum absolute atomic E-state index is 0.0678. The van der Waals surface area contributed by atoms with Crippen molar-refractivity contribution in [1.29, 1.82) is 0 Å². The monoisotopic (exact) mass is 343 g/mol. The fourth-order valence-corrected chi connectivity index (χ4v) is 2.56. The van der Waals surface area contributed by atoms with Crippen LogP contribution in [-0.4, -0.2) is 4.98 Å². The van der Waals surface area contributed by atoms with Crippen molar-refractivity contribution in [1.82, 2.24) is 4.98 Å². The highest BCUT2D eigenvalue weighted by Crippen LogP contribution is 2.31. The first-order valence-corrected chi connectivity index (χ1v) is 7.76. The minimum atomic E-state index is -4.36. The molecule has 0 aliphatic rings. The zero-order valence-electron chi connectivity index (χ0n) is 13.3. The summed E-state index contributed by atoms with van der Waals surface area (Å²) in [5.41, 5.74) is 1.56. The molecule has 25 heavy (non-hydrogen) atoms. The second kappa shape index (κ2) is 7.49. The molecule has 0 saturated carbocycles. The smallest absolute Gasteiger partial charge is 0.364 e. The molecule has 1 heterocycles. The third kappa shape index (κ3) is 4.45. The number of rotatable bonds is 5. The summed E-state index contributed by atoms with van der Waals surface area (Å²) in [6.45, 7) is 0.0678. The number of halogens is 3. The standard InChI is InChI=1S/C20H16F3NO/c21-20(22,23)18-10-4-6-15(12-18)14-25-19(16-7-2-1-3-8-16)17-9-5-11-24-13-17/h1-13,19H,14H2. The number of nitrogens with zero attached hydrogens (tertiary/aromatic N) is 1. The number of ether oxygens (including phenoxy) is 1. The molecule has 0 saturated heterocycles. The summed E-state index contributed by atoms with van der Waals surface area (Å²) in [6, 6.07) is 18.4. The fourth-order valence-electron chi connectivity index (χ4n) is 2.56. The van der Waals surface area contributed by atoms with Gasteiger partial charge in [0.2, 0.25) is 0 Å². The van der Waals surface area contributed by atoms with E-state index in [-0.39, 0.29) is 6.61 Å². The molecule has 1 unspecified atom stereocenters. The molecular formula is C20H16F3NO. The molecule has 0 spiro atoms. The molecule has 3 aromatic rings. The van der Waals surface area contributed by atoms with Gasteiger partial charge >= 0.3 is 6.18 Å². The van der Waals surface area contributed by atoms with Gasteiger partial charge in [0, 0.05) is 18.0 Å². The van der Waals surface area contributed by atoms with Gasteiger partial charge in [0.25, 0.3) is 0 Å². The second-order valence-electron chi connectivity index (χ2n) is 5.59.